The van der Waals surface area contributed by atoms with Crippen molar-refractivity contribution < 1.29 is 9.53 Å². The van der Waals surface area contributed by atoms with Gasteiger partial charge in [-0.2, -0.15) is 0 Å². The largest absolute Gasteiger partial charge is 0.459 e. The zero-order chi connectivity index (χ0) is 10.6. The molecule has 0 aliphatic heterocycles. The van der Waals surface area contributed by atoms with Gasteiger partial charge in [0.05, 0.1) is 7.11 Å². The van der Waals surface area contributed by atoms with Gasteiger partial charge in [0.1, 0.15) is 0 Å². The van der Waals surface area contributed by atoms with Gasteiger partial charge in [0.25, 0.3) is 0 Å². The van der Waals surface area contributed by atoms with Crippen LogP contribution in [0.4, 0.5) is 0 Å². The number of benzene rings is 1. The van der Waals surface area contributed by atoms with Gasteiger partial charge in [0, 0.05) is 20.4 Å². The van der Waals surface area contributed by atoms with E-state index < -0.39 is 5.97 Å². The summed E-state index contributed by atoms with van der Waals surface area (Å²) >= 11 is 6.65. The van der Waals surface area contributed by atoms with E-state index in [-0.39, 0.29) is 0 Å². The van der Waals surface area contributed by atoms with E-state index in [1.165, 1.54) is 7.11 Å². The van der Waals surface area contributed by atoms with Crippen molar-refractivity contribution in [3.8, 4) is 11.8 Å². The van der Waals surface area contributed by atoms with Crippen molar-refractivity contribution >= 4 is 37.8 Å². The van der Waals surface area contributed by atoms with Gasteiger partial charge in [-0.3, -0.25) is 0 Å². The molecule has 0 amide bonds. The Hall–Kier alpha value is -0.790. The van der Waals surface area contributed by atoms with Crippen LogP contribution in [0.3, 0.4) is 0 Å². The van der Waals surface area contributed by atoms with Crippen LogP contribution in [0.1, 0.15) is 5.56 Å². The number of hydrogen-bond acceptors (Lipinski definition) is 2. The molecular formula is C10H6Br2O2. The first kappa shape index (κ1) is 11.3. The Morgan fingerprint density at radius 2 is 1.86 bits per heavy atom. The third-order valence-corrected chi connectivity index (χ3v) is 2.27. The third-order valence-electron chi connectivity index (χ3n) is 1.36. The van der Waals surface area contributed by atoms with Crippen molar-refractivity contribution in [2.75, 3.05) is 7.11 Å². The summed E-state index contributed by atoms with van der Waals surface area (Å²) in [5.74, 6) is 4.50. The molecule has 0 heterocycles. The van der Waals surface area contributed by atoms with Gasteiger partial charge in [0.2, 0.25) is 0 Å². The van der Waals surface area contributed by atoms with Crippen LogP contribution in [0, 0.1) is 11.8 Å². The maximum atomic E-state index is 10.7. The van der Waals surface area contributed by atoms with Crippen molar-refractivity contribution in [1.29, 1.82) is 0 Å². The van der Waals surface area contributed by atoms with Gasteiger partial charge in [-0.15, -0.1) is 0 Å². The molecule has 72 valence electrons. The average molecular weight is 318 g/mol. The first-order chi connectivity index (χ1) is 6.61. The minimum Gasteiger partial charge on any atom is -0.459 e. The summed E-state index contributed by atoms with van der Waals surface area (Å²) < 4.78 is 6.20. The van der Waals surface area contributed by atoms with Crippen molar-refractivity contribution in [3.05, 3.63) is 32.7 Å². The summed E-state index contributed by atoms with van der Waals surface area (Å²) in [6, 6.07) is 5.53. The summed E-state index contributed by atoms with van der Waals surface area (Å²) in [4.78, 5) is 10.7. The molecule has 0 radical (unpaired) electrons. The first-order valence-corrected chi connectivity index (χ1v) is 5.26. The highest BCUT2D eigenvalue weighted by atomic mass is 79.9. The zero-order valence-corrected chi connectivity index (χ0v) is 10.5. The molecule has 4 heteroatoms. The van der Waals surface area contributed by atoms with Crippen LogP contribution in [0.25, 0.3) is 0 Å². The Balaban J connectivity index is 2.95. The van der Waals surface area contributed by atoms with Crippen LogP contribution in [0.15, 0.2) is 27.1 Å². The second-order valence-corrected chi connectivity index (χ2v) is 4.23. The molecule has 0 bridgehead atoms. The number of methoxy groups -OCH3 is 1. The van der Waals surface area contributed by atoms with E-state index in [2.05, 4.69) is 48.4 Å². The van der Waals surface area contributed by atoms with E-state index in [0.717, 1.165) is 14.5 Å². The fourth-order valence-electron chi connectivity index (χ4n) is 0.800. The van der Waals surface area contributed by atoms with E-state index in [0.29, 0.717) is 0 Å². The normalized spacial score (nSPS) is 8.79. The number of carbonyl (C=O) groups excluding carboxylic acids is 1. The molecule has 1 aromatic carbocycles. The predicted molar refractivity (Wildman–Crippen MR) is 60.7 cm³/mol. The lowest BCUT2D eigenvalue weighted by molar-refractivity contribution is -0.133. The zero-order valence-electron chi connectivity index (χ0n) is 7.30. The highest BCUT2D eigenvalue weighted by Gasteiger charge is 1.95. The van der Waals surface area contributed by atoms with Gasteiger partial charge in [-0.25, -0.2) is 4.79 Å². The first-order valence-electron chi connectivity index (χ1n) is 3.68. The number of carbonyl (C=O) groups is 1. The lowest BCUT2D eigenvalue weighted by Gasteiger charge is -1.94. The Bertz CT molecular complexity index is 396. The van der Waals surface area contributed by atoms with E-state index in [1.54, 1.807) is 0 Å². The number of ether oxygens (including phenoxy) is 1. The van der Waals surface area contributed by atoms with Crippen LogP contribution in [-0.4, -0.2) is 13.1 Å². The number of esters is 1. The molecule has 0 saturated heterocycles. The molecule has 0 N–H and O–H groups in total. The van der Waals surface area contributed by atoms with Crippen LogP contribution in [0.5, 0.6) is 0 Å². The molecule has 0 fully saturated rings. The number of hydrogen-bond donors (Lipinski definition) is 0. The summed E-state index contributed by atoms with van der Waals surface area (Å²) in [5, 5.41) is 0. The quantitative estimate of drug-likeness (QED) is 0.543. The van der Waals surface area contributed by atoms with Crippen LogP contribution in [0.2, 0.25) is 0 Å². The van der Waals surface area contributed by atoms with Gasteiger partial charge >= 0.3 is 5.97 Å². The van der Waals surface area contributed by atoms with Gasteiger partial charge in [0.15, 0.2) is 0 Å². The molecule has 1 aromatic rings. The highest BCUT2D eigenvalue weighted by Crippen LogP contribution is 2.19. The minimum atomic E-state index is -0.541. The summed E-state index contributed by atoms with van der Waals surface area (Å²) in [5.41, 5.74) is 0.747. The smallest absolute Gasteiger partial charge is 0.384 e. The molecule has 2 nitrogen and oxygen atoms in total. The molecule has 0 aromatic heterocycles. The van der Waals surface area contributed by atoms with Crippen LogP contribution < -0.4 is 0 Å². The monoisotopic (exact) mass is 316 g/mol. The third kappa shape index (κ3) is 3.52. The van der Waals surface area contributed by atoms with Crippen molar-refractivity contribution in [2.45, 2.75) is 0 Å². The van der Waals surface area contributed by atoms with Crippen LogP contribution >= 0.6 is 31.9 Å². The summed E-state index contributed by atoms with van der Waals surface area (Å²) in [6.45, 7) is 0. The maximum Gasteiger partial charge on any atom is 0.384 e. The van der Waals surface area contributed by atoms with Gasteiger partial charge in [-0.05, 0) is 18.2 Å². The summed E-state index contributed by atoms with van der Waals surface area (Å²) in [7, 11) is 1.30. The molecule has 0 spiro atoms. The van der Waals surface area contributed by atoms with E-state index in [4.69, 9.17) is 0 Å². The van der Waals surface area contributed by atoms with Gasteiger partial charge < -0.3 is 4.74 Å². The average Bonchev–Trinajstić information content (AvgIpc) is 2.12. The SMILES string of the molecule is COC(=O)C#Cc1cc(Br)cc(Br)c1. The molecule has 0 saturated carbocycles. The fraction of sp³-hybridized carbons (Fsp3) is 0.100. The topological polar surface area (TPSA) is 26.3 Å². The Morgan fingerprint density at radius 3 is 2.36 bits per heavy atom. The second-order valence-electron chi connectivity index (χ2n) is 2.40. The molecular weight excluding hydrogens is 312 g/mol. The lowest BCUT2D eigenvalue weighted by Crippen LogP contribution is -1.94. The molecule has 0 aliphatic carbocycles. The highest BCUT2D eigenvalue weighted by molar-refractivity contribution is 9.11. The Morgan fingerprint density at radius 1 is 1.29 bits per heavy atom. The maximum absolute atomic E-state index is 10.7. The van der Waals surface area contributed by atoms with Gasteiger partial charge in [-0.1, -0.05) is 37.8 Å². The Labute approximate surface area is 98.9 Å². The molecule has 14 heavy (non-hydrogen) atoms. The van der Waals surface area contributed by atoms with E-state index in [9.17, 15) is 4.79 Å². The molecule has 0 aliphatic rings. The van der Waals surface area contributed by atoms with Crippen molar-refractivity contribution in [3.63, 3.8) is 0 Å². The molecule has 1 rings (SSSR count). The van der Waals surface area contributed by atoms with Crippen LogP contribution in [-0.2, 0) is 9.53 Å². The van der Waals surface area contributed by atoms with E-state index in [1.807, 2.05) is 18.2 Å². The second kappa shape index (κ2) is 5.18. The van der Waals surface area contributed by atoms with Crippen molar-refractivity contribution in [1.82, 2.24) is 0 Å². The standard InChI is InChI=1S/C10H6Br2O2/c1-14-10(13)3-2-7-4-8(11)6-9(12)5-7/h4-6H,1H3. The lowest BCUT2D eigenvalue weighted by atomic mass is 10.2. The minimum absolute atomic E-state index is 0.541. The predicted octanol–water partition coefficient (Wildman–Crippen LogP) is 2.74. The number of rotatable bonds is 0. The summed E-state index contributed by atoms with van der Waals surface area (Å²) in [6.07, 6.45) is 0. The number of halogens is 2. The molecule has 0 unspecified atom stereocenters. The van der Waals surface area contributed by atoms with E-state index >= 15 is 0 Å². The Kier molecular flexibility index (Phi) is 4.18. The molecule has 0 atom stereocenters. The fourth-order valence-corrected chi connectivity index (χ4v) is 2.09. The van der Waals surface area contributed by atoms with Crippen molar-refractivity contribution in [2.24, 2.45) is 0 Å².